The maximum atomic E-state index is 5.06. The van der Waals surface area contributed by atoms with Gasteiger partial charge in [-0.1, -0.05) is 158 Å². The first-order chi connectivity index (χ1) is 25.6. The summed E-state index contributed by atoms with van der Waals surface area (Å²) in [7, 11) is 0. The minimum atomic E-state index is -0.00659. The van der Waals surface area contributed by atoms with Gasteiger partial charge in [-0.15, -0.1) is 0 Å². The summed E-state index contributed by atoms with van der Waals surface area (Å²) in [5, 5.41) is 0. The molecule has 0 amide bonds. The number of rotatable bonds is 5. The molecule has 3 nitrogen and oxygen atoms in total. The lowest BCUT2D eigenvalue weighted by atomic mass is 9.58. The second kappa shape index (κ2) is 12.4. The third-order valence-electron chi connectivity index (χ3n) is 11.7. The Hall–Kier alpha value is -5.93. The first-order valence-corrected chi connectivity index (χ1v) is 18.7. The van der Waals surface area contributed by atoms with Gasteiger partial charge in [-0.05, 0) is 94.2 Å². The molecule has 3 aliphatic carbocycles. The van der Waals surface area contributed by atoms with Crippen molar-refractivity contribution in [3.8, 4) is 67.5 Å². The average Bonchev–Trinajstić information content (AvgIpc) is 3.49. The van der Waals surface area contributed by atoms with Gasteiger partial charge >= 0.3 is 0 Å². The van der Waals surface area contributed by atoms with Gasteiger partial charge in [-0.3, -0.25) is 0 Å². The molecule has 3 unspecified atom stereocenters. The van der Waals surface area contributed by atoms with E-state index in [-0.39, 0.29) is 5.41 Å². The zero-order valence-electron chi connectivity index (χ0n) is 29.3. The Morgan fingerprint density at radius 2 is 1.04 bits per heavy atom. The van der Waals surface area contributed by atoms with Crippen LogP contribution < -0.4 is 0 Å². The number of aromatic nitrogens is 3. The quantitative estimate of drug-likeness (QED) is 0.171. The standard InChI is InChI=1S/C49H39N3/c1-32-27-33-25-26-49(39(28-32)29-33)44-20-12-11-19-41(44)43-30-37(22-24-45(43)49)40-23-21-38(31-42(40)34-13-5-2-6-14-34)48-51-46(35-15-7-3-8-16-35)50-47(52-48)36-17-9-4-10-18-36/h2-24,28,30-33H,25-27,29H2,1H3. The predicted octanol–water partition coefficient (Wildman–Crippen LogP) is 12.2. The van der Waals surface area contributed by atoms with E-state index in [2.05, 4.69) is 128 Å². The Kier molecular flexibility index (Phi) is 7.35. The molecule has 1 saturated carbocycles. The fraction of sp³-hybridized carbons (Fsp3) is 0.163. The van der Waals surface area contributed by atoms with Crippen molar-refractivity contribution in [3.05, 3.63) is 174 Å². The molecule has 6 aromatic carbocycles. The van der Waals surface area contributed by atoms with E-state index < -0.39 is 0 Å². The van der Waals surface area contributed by atoms with E-state index in [1.54, 1.807) is 5.57 Å². The maximum absolute atomic E-state index is 5.06. The fourth-order valence-electron chi connectivity index (χ4n) is 9.40. The lowest BCUT2D eigenvalue weighted by molar-refractivity contribution is 0.284. The Bertz CT molecular complexity index is 2430. The number of allylic oxidation sites excluding steroid dienone is 2. The van der Waals surface area contributed by atoms with Gasteiger partial charge in [0, 0.05) is 22.1 Å². The molecule has 0 aliphatic heterocycles. The summed E-state index contributed by atoms with van der Waals surface area (Å²) in [6.07, 6.45) is 7.68. The van der Waals surface area contributed by atoms with Gasteiger partial charge in [0.15, 0.2) is 17.5 Å². The Labute approximate surface area is 305 Å². The van der Waals surface area contributed by atoms with E-state index in [4.69, 9.17) is 15.0 Å². The van der Waals surface area contributed by atoms with Crippen molar-refractivity contribution < 1.29 is 0 Å². The molecule has 3 aliphatic rings. The number of nitrogens with zero attached hydrogens (tertiary/aromatic N) is 3. The maximum Gasteiger partial charge on any atom is 0.164 e. The van der Waals surface area contributed by atoms with E-state index >= 15 is 0 Å². The lowest BCUT2D eigenvalue weighted by Crippen LogP contribution is -2.36. The summed E-state index contributed by atoms with van der Waals surface area (Å²) >= 11 is 0. The van der Waals surface area contributed by atoms with E-state index in [1.807, 2.05) is 36.4 Å². The van der Waals surface area contributed by atoms with E-state index in [1.165, 1.54) is 59.1 Å². The van der Waals surface area contributed by atoms with Crippen LogP contribution in [0.15, 0.2) is 163 Å². The molecule has 52 heavy (non-hydrogen) atoms. The van der Waals surface area contributed by atoms with Crippen LogP contribution in [0, 0.1) is 11.8 Å². The number of benzene rings is 6. The van der Waals surface area contributed by atoms with Gasteiger partial charge in [0.05, 0.1) is 0 Å². The van der Waals surface area contributed by atoms with Gasteiger partial charge in [-0.25, -0.2) is 15.0 Å². The van der Waals surface area contributed by atoms with Gasteiger partial charge in [-0.2, -0.15) is 0 Å². The smallest absolute Gasteiger partial charge is 0.164 e. The highest BCUT2D eigenvalue weighted by Crippen LogP contribution is 2.61. The van der Waals surface area contributed by atoms with Crippen LogP contribution in [0.3, 0.4) is 0 Å². The van der Waals surface area contributed by atoms with Gasteiger partial charge < -0.3 is 0 Å². The van der Waals surface area contributed by atoms with Crippen molar-refractivity contribution in [1.82, 2.24) is 15.0 Å². The topological polar surface area (TPSA) is 38.7 Å². The molecule has 2 bridgehead atoms. The van der Waals surface area contributed by atoms with Crippen molar-refractivity contribution in [1.29, 1.82) is 0 Å². The van der Waals surface area contributed by atoms with E-state index in [9.17, 15) is 0 Å². The predicted molar refractivity (Wildman–Crippen MR) is 212 cm³/mol. The summed E-state index contributed by atoms with van der Waals surface area (Å²) in [6, 6.07) is 54.3. The first-order valence-electron chi connectivity index (χ1n) is 18.7. The van der Waals surface area contributed by atoms with Crippen molar-refractivity contribution in [2.45, 2.75) is 38.0 Å². The summed E-state index contributed by atoms with van der Waals surface area (Å²) in [5.74, 6) is 3.45. The molecule has 1 aromatic heterocycles. The molecule has 1 heterocycles. The van der Waals surface area contributed by atoms with Crippen LogP contribution in [0.5, 0.6) is 0 Å². The molecule has 250 valence electrons. The number of hydrogen-bond acceptors (Lipinski definition) is 3. The van der Waals surface area contributed by atoms with Crippen LogP contribution in [-0.4, -0.2) is 15.0 Å². The minimum absolute atomic E-state index is 0.00659. The Morgan fingerprint density at radius 3 is 1.73 bits per heavy atom. The average molecular weight is 670 g/mol. The van der Waals surface area contributed by atoms with Crippen LogP contribution in [-0.2, 0) is 5.41 Å². The molecule has 7 aromatic rings. The number of fused-ring (bicyclic) bond motifs is 8. The van der Waals surface area contributed by atoms with E-state index in [0.29, 0.717) is 23.4 Å². The van der Waals surface area contributed by atoms with Crippen molar-refractivity contribution >= 4 is 0 Å². The monoisotopic (exact) mass is 669 g/mol. The molecule has 3 heteroatoms. The zero-order chi connectivity index (χ0) is 34.6. The number of hydrogen-bond donors (Lipinski definition) is 0. The van der Waals surface area contributed by atoms with Crippen molar-refractivity contribution in [3.63, 3.8) is 0 Å². The third-order valence-corrected chi connectivity index (χ3v) is 11.7. The van der Waals surface area contributed by atoms with Crippen molar-refractivity contribution in [2.75, 3.05) is 0 Å². The Morgan fingerprint density at radius 1 is 0.481 bits per heavy atom. The largest absolute Gasteiger partial charge is 0.208 e. The van der Waals surface area contributed by atoms with Crippen LogP contribution in [0.1, 0.15) is 43.7 Å². The Balaban J connectivity index is 1.14. The van der Waals surface area contributed by atoms with Crippen LogP contribution in [0.25, 0.3) is 67.5 Å². The summed E-state index contributed by atoms with van der Waals surface area (Å²) in [5.41, 5.74) is 15.0. The SMILES string of the molecule is CC1C=C2CC(CCC23c2ccccc2-c2cc(-c4ccc(-c5nc(-c6ccccc6)nc(-c6ccccc6)n5)cc4-c4ccccc4)ccc23)C1. The van der Waals surface area contributed by atoms with Gasteiger partial charge in [0.25, 0.3) is 0 Å². The highest BCUT2D eigenvalue weighted by molar-refractivity contribution is 5.91. The molecular weight excluding hydrogens is 631 g/mol. The fourth-order valence-corrected chi connectivity index (χ4v) is 9.40. The summed E-state index contributed by atoms with van der Waals surface area (Å²) in [4.78, 5) is 15.1. The van der Waals surface area contributed by atoms with E-state index in [0.717, 1.165) is 33.7 Å². The lowest BCUT2D eigenvalue weighted by Gasteiger charge is -2.45. The summed E-state index contributed by atoms with van der Waals surface area (Å²) in [6.45, 7) is 2.41. The second-order valence-corrected chi connectivity index (χ2v) is 14.9. The minimum Gasteiger partial charge on any atom is -0.208 e. The van der Waals surface area contributed by atoms with Crippen LogP contribution in [0.4, 0.5) is 0 Å². The molecule has 0 N–H and O–H groups in total. The molecular formula is C49H39N3. The van der Waals surface area contributed by atoms with Gasteiger partial charge in [0.1, 0.15) is 0 Å². The molecule has 1 spiro atoms. The van der Waals surface area contributed by atoms with Crippen LogP contribution >= 0.6 is 0 Å². The normalized spacial score (nSPS) is 19.9. The van der Waals surface area contributed by atoms with Gasteiger partial charge in [0.2, 0.25) is 0 Å². The van der Waals surface area contributed by atoms with Crippen LogP contribution in [0.2, 0.25) is 0 Å². The summed E-state index contributed by atoms with van der Waals surface area (Å²) < 4.78 is 0. The van der Waals surface area contributed by atoms with Crippen molar-refractivity contribution in [2.24, 2.45) is 11.8 Å². The molecule has 3 atom stereocenters. The third kappa shape index (κ3) is 5.06. The highest BCUT2D eigenvalue weighted by atomic mass is 15.0. The second-order valence-electron chi connectivity index (χ2n) is 14.9. The molecule has 1 fully saturated rings. The molecule has 0 saturated heterocycles. The highest BCUT2D eigenvalue weighted by Gasteiger charge is 2.49. The first kappa shape index (κ1) is 30.9. The zero-order valence-corrected chi connectivity index (χ0v) is 29.3. The molecule has 0 radical (unpaired) electrons. The molecule has 10 rings (SSSR count).